The van der Waals surface area contributed by atoms with E-state index in [0.717, 1.165) is 42.4 Å². The second-order valence-corrected chi connectivity index (χ2v) is 9.96. The molecule has 1 atom stereocenters. The van der Waals surface area contributed by atoms with Crippen LogP contribution >= 0.6 is 23.2 Å². The average molecular weight is 509 g/mol. The van der Waals surface area contributed by atoms with Gasteiger partial charge in [0.05, 0.1) is 6.42 Å². The molecule has 35 heavy (non-hydrogen) atoms. The molecule has 1 fully saturated rings. The van der Waals surface area contributed by atoms with E-state index in [-0.39, 0.29) is 30.8 Å². The topological polar surface area (TPSA) is 49.4 Å². The van der Waals surface area contributed by atoms with E-state index in [1.165, 1.54) is 0 Å². The van der Waals surface area contributed by atoms with Gasteiger partial charge >= 0.3 is 0 Å². The van der Waals surface area contributed by atoms with Crippen molar-refractivity contribution in [2.45, 2.75) is 57.2 Å². The van der Waals surface area contributed by atoms with Crippen molar-refractivity contribution in [3.8, 4) is 0 Å². The number of rotatable bonds is 9. The molecule has 0 bridgehead atoms. The second-order valence-electron chi connectivity index (χ2n) is 9.11. The molecule has 0 unspecified atom stereocenters. The van der Waals surface area contributed by atoms with E-state index in [9.17, 15) is 9.59 Å². The lowest BCUT2D eigenvalue weighted by molar-refractivity contribution is -0.141. The summed E-state index contributed by atoms with van der Waals surface area (Å²) in [6, 6.07) is 24.1. The highest BCUT2D eigenvalue weighted by Crippen LogP contribution is 2.23. The van der Waals surface area contributed by atoms with Crippen molar-refractivity contribution >= 4 is 35.0 Å². The molecule has 1 N–H and O–H groups in total. The second kappa shape index (κ2) is 12.2. The summed E-state index contributed by atoms with van der Waals surface area (Å²) in [6.45, 7) is 0.252. The van der Waals surface area contributed by atoms with Gasteiger partial charge in [0, 0.05) is 29.1 Å². The molecule has 6 heteroatoms. The molecular weight excluding hydrogens is 479 g/mol. The summed E-state index contributed by atoms with van der Waals surface area (Å²) in [4.78, 5) is 29.1. The van der Waals surface area contributed by atoms with Crippen molar-refractivity contribution in [1.29, 1.82) is 0 Å². The minimum absolute atomic E-state index is 0.114. The first kappa shape index (κ1) is 25.3. The molecule has 0 radical (unpaired) electrons. The molecule has 1 saturated carbocycles. The fourth-order valence-corrected chi connectivity index (χ4v) is 4.93. The summed E-state index contributed by atoms with van der Waals surface area (Å²) in [6.07, 6.45) is 4.79. The highest BCUT2D eigenvalue weighted by molar-refractivity contribution is 6.31. The summed E-state index contributed by atoms with van der Waals surface area (Å²) in [5, 5.41) is 4.42. The standard InChI is InChI=1S/C29H30Cl2N2O2/c30-24-16-14-22(15-17-24)19-28(34)33(20-23-10-4-7-13-26(23)31)27(18-21-8-2-1-3-9-21)29(35)32-25-11-5-6-12-25/h1-4,7-10,13-17,25,27H,5-6,11-12,18-20H2,(H,32,35)/t27-/m0/s1. The molecule has 0 spiro atoms. The molecule has 0 saturated heterocycles. The summed E-state index contributed by atoms with van der Waals surface area (Å²) >= 11 is 12.5. The maximum atomic E-state index is 13.8. The predicted octanol–water partition coefficient (Wildman–Crippen LogP) is 6.23. The van der Waals surface area contributed by atoms with Crippen LogP contribution in [0, 0.1) is 0 Å². The number of amides is 2. The smallest absolute Gasteiger partial charge is 0.243 e. The van der Waals surface area contributed by atoms with E-state index in [1.807, 2.05) is 66.7 Å². The third kappa shape index (κ3) is 7.09. The normalized spacial score (nSPS) is 14.5. The van der Waals surface area contributed by atoms with Crippen molar-refractivity contribution in [3.63, 3.8) is 0 Å². The first-order valence-corrected chi connectivity index (χ1v) is 12.9. The molecule has 0 aromatic heterocycles. The van der Waals surface area contributed by atoms with E-state index >= 15 is 0 Å². The predicted molar refractivity (Wildman–Crippen MR) is 141 cm³/mol. The molecule has 3 aromatic rings. The Hall–Kier alpha value is -2.82. The van der Waals surface area contributed by atoms with Crippen LogP contribution in [0.4, 0.5) is 0 Å². The lowest BCUT2D eigenvalue weighted by Crippen LogP contribution is -2.52. The van der Waals surface area contributed by atoms with Crippen molar-refractivity contribution in [2.75, 3.05) is 0 Å². The number of hydrogen-bond donors (Lipinski definition) is 1. The molecule has 0 aliphatic heterocycles. The maximum absolute atomic E-state index is 13.8. The van der Waals surface area contributed by atoms with Crippen LogP contribution in [0.1, 0.15) is 42.4 Å². The van der Waals surface area contributed by atoms with Crippen LogP contribution in [-0.4, -0.2) is 28.8 Å². The number of halogens is 2. The van der Waals surface area contributed by atoms with E-state index in [2.05, 4.69) is 5.32 Å². The van der Waals surface area contributed by atoms with Crippen LogP contribution < -0.4 is 5.32 Å². The Balaban J connectivity index is 1.66. The minimum atomic E-state index is -0.658. The van der Waals surface area contributed by atoms with Crippen LogP contribution in [0.5, 0.6) is 0 Å². The van der Waals surface area contributed by atoms with Gasteiger partial charge in [-0.1, -0.05) is 96.7 Å². The largest absolute Gasteiger partial charge is 0.352 e. The zero-order valence-electron chi connectivity index (χ0n) is 19.6. The van der Waals surface area contributed by atoms with Gasteiger partial charge in [-0.3, -0.25) is 9.59 Å². The van der Waals surface area contributed by atoms with Crippen LogP contribution in [0.25, 0.3) is 0 Å². The number of hydrogen-bond acceptors (Lipinski definition) is 2. The van der Waals surface area contributed by atoms with Gasteiger partial charge < -0.3 is 10.2 Å². The van der Waals surface area contributed by atoms with E-state index in [0.29, 0.717) is 16.5 Å². The van der Waals surface area contributed by atoms with Gasteiger partial charge in [0.25, 0.3) is 0 Å². The Morgan fingerprint density at radius 3 is 2.20 bits per heavy atom. The molecule has 2 amide bonds. The Morgan fingerprint density at radius 1 is 0.857 bits per heavy atom. The van der Waals surface area contributed by atoms with Gasteiger partial charge in [-0.15, -0.1) is 0 Å². The lowest BCUT2D eigenvalue weighted by Gasteiger charge is -2.32. The molecule has 0 heterocycles. The highest BCUT2D eigenvalue weighted by Gasteiger charge is 2.32. The van der Waals surface area contributed by atoms with Crippen LogP contribution in [0.15, 0.2) is 78.9 Å². The van der Waals surface area contributed by atoms with Crippen molar-refractivity contribution in [1.82, 2.24) is 10.2 Å². The molecule has 1 aliphatic rings. The molecule has 1 aliphatic carbocycles. The first-order valence-electron chi connectivity index (χ1n) is 12.1. The molecule has 4 rings (SSSR count). The van der Waals surface area contributed by atoms with Crippen LogP contribution in [-0.2, 0) is 29.0 Å². The number of carbonyl (C=O) groups is 2. The Labute approximate surface area is 217 Å². The Kier molecular flexibility index (Phi) is 8.84. The van der Waals surface area contributed by atoms with Crippen LogP contribution in [0.2, 0.25) is 10.0 Å². The van der Waals surface area contributed by atoms with Crippen molar-refractivity contribution in [3.05, 3.63) is 106 Å². The third-order valence-electron chi connectivity index (χ3n) is 6.54. The lowest BCUT2D eigenvalue weighted by atomic mass is 10.0. The number of nitrogens with one attached hydrogen (secondary N) is 1. The van der Waals surface area contributed by atoms with Gasteiger partial charge in [-0.2, -0.15) is 0 Å². The van der Waals surface area contributed by atoms with Gasteiger partial charge in [0.15, 0.2) is 0 Å². The Bertz CT molecular complexity index is 1130. The van der Waals surface area contributed by atoms with Crippen molar-refractivity contribution in [2.24, 2.45) is 0 Å². The fraction of sp³-hybridized carbons (Fsp3) is 0.310. The van der Waals surface area contributed by atoms with Crippen molar-refractivity contribution < 1.29 is 9.59 Å². The first-order chi connectivity index (χ1) is 17.0. The average Bonchev–Trinajstić information content (AvgIpc) is 3.37. The highest BCUT2D eigenvalue weighted by atomic mass is 35.5. The molecule has 182 valence electrons. The fourth-order valence-electron chi connectivity index (χ4n) is 4.61. The number of nitrogens with zero attached hydrogens (tertiary/aromatic N) is 1. The van der Waals surface area contributed by atoms with Gasteiger partial charge in [0.2, 0.25) is 11.8 Å². The number of benzene rings is 3. The van der Waals surface area contributed by atoms with Gasteiger partial charge in [0.1, 0.15) is 6.04 Å². The van der Waals surface area contributed by atoms with Gasteiger partial charge in [-0.05, 0) is 47.7 Å². The summed E-state index contributed by atoms with van der Waals surface area (Å²) in [7, 11) is 0. The van der Waals surface area contributed by atoms with Gasteiger partial charge in [-0.25, -0.2) is 0 Å². The summed E-state index contributed by atoms with van der Waals surface area (Å²) in [5.41, 5.74) is 2.66. The zero-order valence-corrected chi connectivity index (χ0v) is 21.1. The van der Waals surface area contributed by atoms with E-state index in [1.54, 1.807) is 17.0 Å². The molecule has 3 aromatic carbocycles. The monoisotopic (exact) mass is 508 g/mol. The minimum Gasteiger partial charge on any atom is -0.352 e. The Morgan fingerprint density at radius 2 is 1.51 bits per heavy atom. The number of carbonyl (C=O) groups excluding carboxylic acids is 2. The summed E-state index contributed by atoms with van der Waals surface area (Å²) in [5.74, 6) is -0.244. The quantitative estimate of drug-likeness (QED) is 0.372. The van der Waals surface area contributed by atoms with Crippen LogP contribution in [0.3, 0.4) is 0 Å². The third-order valence-corrected chi connectivity index (χ3v) is 7.16. The zero-order chi connectivity index (χ0) is 24.6. The maximum Gasteiger partial charge on any atom is 0.243 e. The SMILES string of the molecule is O=C(NC1CCCC1)[C@H](Cc1ccccc1)N(Cc1ccccc1Cl)C(=O)Cc1ccc(Cl)cc1. The summed E-state index contributed by atoms with van der Waals surface area (Å²) < 4.78 is 0. The van der Waals surface area contributed by atoms with E-state index in [4.69, 9.17) is 23.2 Å². The molecular formula is C29H30Cl2N2O2. The molecule has 4 nitrogen and oxygen atoms in total. The van der Waals surface area contributed by atoms with E-state index < -0.39 is 6.04 Å².